The molecule has 1 aromatic carbocycles. The molecule has 0 bridgehead atoms. The van der Waals surface area contributed by atoms with E-state index in [4.69, 9.17) is 4.74 Å². The summed E-state index contributed by atoms with van der Waals surface area (Å²) in [5.41, 5.74) is -1.19. The Labute approximate surface area is 134 Å². The van der Waals surface area contributed by atoms with Gasteiger partial charge < -0.3 is 15.2 Å². The van der Waals surface area contributed by atoms with E-state index in [0.717, 1.165) is 19.2 Å². The Bertz CT molecular complexity index is 573. The van der Waals surface area contributed by atoms with E-state index >= 15 is 0 Å². The normalized spacial score (nSPS) is 18.5. The molecule has 1 saturated heterocycles. The van der Waals surface area contributed by atoms with Crippen molar-refractivity contribution in [3.8, 4) is 0 Å². The molecule has 1 heterocycles. The van der Waals surface area contributed by atoms with E-state index in [0.29, 0.717) is 25.8 Å². The van der Waals surface area contributed by atoms with Crippen molar-refractivity contribution in [1.82, 2.24) is 10.2 Å². The number of hydrogen-bond acceptors (Lipinski definition) is 4. The van der Waals surface area contributed by atoms with E-state index < -0.39 is 23.1 Å². The number of rotatable bonds is 5. The van der Waals surface area contributed by atoms with Crippen LogP contribution in [0.5, 0.6) is 0 Å². The average Bonchev–Trinajstić information content (AvgIpc) is 2.49. The minimum Gasteiger partial charge on any atom is -0.387 e. The van der Waals surface area contributed by atoms with E-state index in [1.165, 1.54) is 6.92 Å². The van der Waals surface area contributed by atoms with Crippen molar-refractivity contribution in [2.24, 2.45) is 0 Å². The van der Waals surface area contributed by atoms with E-state index in [-0.39, 0.29) is 17.7 Å². The van der Waals surface area contributed by atoms with Crippen LogP contribution in [0.25, 0.3) is 0 Å². The van der Waals surface area contributed by atoms with Crippen LogP contribution in [-0.2, 0) is 4.74 Å². The van der Waals surface area contributed by atoms with Crippen molar-refractivity contribution in [3.05, 3.63) is 34.9 Å². The average molecular weight is 328 g/mol. The molecule has 1 amide bonds. The molecule has 0 aliphatic carbocycles. The Hall–Kier alpha value is -1.57. The molecule has 0 radical (unpaired) electrons. The van der Waals surface area contributed by atoms with Gasteiger partial charge in [-0.15, -0.1) is 0 Å². The van der Waals surface area contributed by atoms with Gasteiger partial charge in [0.05, 0.1) is 24.4 Å². The maximum absolute atomic E-state index is 13.7. The fraction of sp³-hybridized carbons (Fsp3) is 0.562. The third-order valence-electron chi connectivity index (χ3n) is 3.79. The van der Waals surface area contributed by atoms with Crippen molar-refractivity contribution in [1.29, 1.82) is 0 Å². The van der Waals surface area contributed by atoms with Crippen molar-refractivity contribution < 1.29 is 23.4 Å². The van der Waals surface area contributed by atoms with E-state index in [9.17, 15) is 18.7 Å². The summed E-state index contributed by atoms with van der Waals surface area (Å²) in [4.78, 5) is 14.1. The predicted molar refractivity (Wildman–Crippen MR) is 81.3 cm³/mol. The molecule has 2 rings (SSSR count). The van der Waals surface area contributed by atoms with Crippen molar-refractivity contribution in [2.45, 2.75) is 19.4 Å². The van der Waals surface area contributed by atoms with Gasteiger partial charge >= 0.3 is 0 Å². The second kappa shape index (κ2) is 7.33. The van der Waals surface area contributed by atoms with Crippen molar-refractivity contribution in [2.75, 3.05) is 39.4 Å². The van der Waals surface area contributed by atoms with Crippen LogP contribution in [0.2, 0.25) is 0 Å². The number of nitrogens with one attached hydrogen (secondary N) is 1. The lowest BCUT2D eigenvalue weighted by Crippen LogP contribution is -2.51. The molecular formula is C16H22F2N2O3. The maximum Gasteiger partial charge on any atom is 0.254 e. The number of morpholine rings is 1. The first-order valence-electron chi connectivity index (χ1n) is 7.55. The fourth-order valence-electron chi connectivity index (χ4n) is 2.49. The fourth-order valence-corrected chi connectivity index (χ4v) is 2.49. The molecule has 1 aliphatic heterocycles. The van der Waals surface area contributed by atoms with E-state index in [1.54, 1.807) is 6.92 Å². The molecule has 23 heavy (non-hydrogen) atoms. The number of carbonyl (C=O) groups excluding carboxylic acids is 1. The number of aliphatic hydroxyl groups is 1. The smallest absolute Gasteiger partial charge is 0.254 e. The van der Waals surface area contributed by atoms with Gasteiger partial charge in [0.15, 0.2) is 0 Å². The second-order valence-electron chi connectivity index (χ2n) is 6.15. The largest absolute Gasteiger partial charge is 0.387 e. The Morgan fingerprint density at radius 3 is 2.65 bits per heavy atom. The highest BCUT2D eigenvalue weighted by Gasteiger charge is 2.26. The standard InChI is InChI=1S/C16H22F2N2O3/c1-11-7-12(14(18)8-13(11)17)15(21)19-9-16(2,22)10-20-3-5-23-6-4-20/h7-8,22H,3-6,9-10H2,1-2H3,(H,19,21). The Balaban J connectivity index is 1.93. The number of aryl methyl sites for hydroxylation is 1. The molecule has 0 spiro atoms. The highest BCUT2D eigenvalue weighted by Crippen LogP contribution is 2.15. The summed E-state index contributed by atoms with van der Waals surface area (Å²) in [5, 5.41) is 12.9. The summed E-state index contributed by atoms with van der Waals surface area (Å²) in [6.07, 6.45) is 0. The first-order chi connectivity index (χ1) is 10.8. The van der Waals surface area contributed by atoms with E-state index in [2.05, 4.69) is 5.32 Å². The van der Waals surface area contributed by atoms with Crippen LogP contribution >= 0.6 is 0 Å². The van der Waals surface area contributed by atoms with Gasteiger partial charge in [-0.1, -0.05) is 0 Å². The molecule has 1 atom stereocenters. The van der Waals surface area contributed by atoms with Crippen LogP contribution in [-0.4, -0.2) is 60.9 Å². The summed E-state index contributed by atoms with van der Waals surface area (Å²) in [5.74, 6) is -2.29. The summed E-state index contributed by atoms with van der Waals surface area (Å²) < 4.78 is 32.2. The summed E-state index contributed by atoms with van der Waals surface area (Å²) in [6, 6.07) is 1.85. The first-order valence-corrected chi connectivity index (χ1v) is 7.55. The third-order valence-corrected chi connectivity index (χ3v) is 3.79. The zero-order valence-corrected chi connectivity index (χ0v) is 13.4. The predicted octanol–water partition coefficient (Wildman–Crippen LogP) is 1.09. The zero-order valence-electron chi connectivity index (χ0n) is 13.4. The van der Waals surface area contributed by atoms with Gasteiger partial charge in [-0.05, 0) is 25.5 Å². The molecule has 0 aromatic heterocycles. The lowest BCUT2D eigenvalue weighted by molar-refractivity contribution is -0.0213. The van der Waals surface area contributed by atoms with Crippen LogP contribution in [0.4, 0.5) is 8.78 Å². The Morgan fingerprint density at radius 2 is 2.00 bits per heavy atom. The zero-order chi connectivity index (χ0) is 17.0. The SMILES string of the molecule is Cc1cc(C(=O)NCC(C)(O)CN2CCOCC2)c(F)cc1F. The van der Waals surface area contributed by atoms with Crippen LogP contribution in [0.1, 0.15) is 22.8 Å². The topological polar surface area (TPSA) is 61.8 Å². The molecule has 5 nitrogen and oxygen atoms in total. The molecular weight excluding hydrogens is 306 g/mol. The van der Waals surface area contributed by atoms with Gasteiger partial charge in [0.1, 0.15) is 11.6 Å². The number of benzene rings is 1. The van der Waals surface area contributed by atoms with Gasteiger partial charge in [-0.25, -0.2) is 8.78 Å². The van der Waals surface area contributed by atoms with Crippen LogP contribution in [0.15, 0.2) is 12.1 Å². The number of nitrogens with zero attached hydrogens (tertiary/aromatic N) is 1. The van der Waals surface area contributed by atoms with Crippen molar-refractivity contribution >= 4 is 5.91 Å². The number of ether oxygens (including phenoxy) is 1. The molecule has 1 unspecified atom stereocenters. The highest BCUT2D eigenvalue weighted by atomic mass is 19.1. The maximum atomic E-state index is 13.7. The Morgan fingerprint density at radius 1 is 1.35 bits per heavy atom. The van der Waals surface area contributed by atoms with Crippen LogP contribution in [0.3, 0.4) is 0 Å². The van der Waals surface area contributed by atoms with Gasteiger partial charge in [-0.2, -0.15) is 0 Å². The molecule has 7 heteroatoms. The number of β-amino-alcohol motifs (C(OH)–C–C–N with tert-alkyl or cyclic N) is 1. The van der Waals surface area contributed by atoms with Crippen LogP contribution in [0, 0.1) is 18.6 Å². The second-order valence-corrected chi connectivity index (χ2v) is 6.15. The van der Waals surface area contributed by atoms with Crippen LogP contribution < -0.4 is 5.32 Å². The molecule has 2 N–H and O–H groups in total. The molecule has 1 aromatic rings. The highest BCUT2D eigenvalue weighted by molar-refractivity contribution is 5.94. The minimum atomic E-state index is -1.15. The molecule has 128 valence electrons. The third kappa shape index (κ3) is 4.95. The summed E-state index contributed by atoms with van der Waals surface area (Å²) >= 11 is 0. The summed E-state index contributed by atoms with van der Waals surface area (Å²) in [6.45, 7) is 6.08. The summed E-state index contributed by atoms with van der Waals surface area (Å²) in [7, 11) is 0. The first kappa shape index (κ1) is 17.8. The number of hydrogen-bond donors (Lipinski definition) is 2. The number of halogens is 2. The van der Waals surface area contributed by atoms with Gasteiger partial charge in [0, 0.05) is 32.2 Å². The van der Waals surface area contributed by atoms with E-state index in [1.807, 2.05) is 4.90 Å². The van der Waals surface area contributed by atoms with Crippen molar-refractivity contribution in [3.63, 3.8) is 0 Å². The molecule has 1 fully saturated rings. The number of carbonyl (C=O) groups is 1. The van der Waals surface area contributed by atoms with Gasteiger partial charge in [0.25, 0.3) is 5.91 Å². The van der Waals surface area contributed by atoms with Gasteiger partial charge in [-0.3, -0.25) is 9.69 Å². The molecule has 0 saturated carbocycles. The number of amides is 1. The minimum absolute atomic E-state index is 0.0287. The Kier molecular flexibility index (Phi) is 5.67. The van der Waals surface area contributed by atoms with Gasteiger partial charge in [0.2, 0.25) is 0 Å². The monoisotopic (exact) mass is 328 g/mol. The molecule has 1 aliphatic rings. The quantitative estimate of drug-likeness (QED) is 0.849. The lowest BCUT2D eigenvalue weighted by atomic mass is 10.1. The lowest BCUT2D eigenvalue weighted by Gasteiger charge is -2.33.